The van der Waals surface area contributed by atoms with E-state index in [0.717, 1.165) is 34.0 Å². The molecule has 0 radical (unpaired) electrons. The van der Waals surface area contributed by atoms with Crippen molar-refractivity contribution in [1.29, 1.82) is 0 Å². The average Bonchev–Trinajstić information content (AvgIpc) is 2.95. The Kier molecular flexibility index (Phi) is 3.33. The van der Waals surface area contributed by atoms with Crippen LogP contribution < -0.4 is 4.74 Å². The van der Waals surface area contributed by atoms with Gasteiger partial charge in [0.25, 0.3) is 0 Å². The lowest BCUT2D eigenvalue weighted by Gasteiger charge is -2.43. The SMILES string of the molecule is CC1(C)Oc2ccc(Cl)cc2C2CC(c3ccc(Cl)cc3)=NN21. The van der Waals surface area contributed by atoms with Gasteiger partial charge in [-0.05, 0) is 49.7 Å². The largest absolute Gasteiger partial charge is 0.467 e. The van der Waals surface area contributed by atoms with Gasteiger partial charge in [-0.15, -0.1) is 0 Å². The van der Waals surface area contributed by atoms with Gasteiger partial charge in [0.1, 0.15) is 5.75 Å². The number of hydrazone groups is 1. The molecule has 0 bridgehead atoms. The highest BCUT2D eigenvalue weighted by Gasteiger charge is 2.44. The molecular weight excluding hydrogens is 331 g/mol. The van der Waals surface area contributed by atoms with E-state index in [-0.39, 0.29) is 6.04 Å². The second-order valence-corrected chi connectivity index (χ2v) is 7.22. The summed E-state index contributed by atoms with van der Waals surface area (Å²) in [6.45, 7) is 4.07. The summed E-state index contributed by atoms with van der Waals surface area (Å²) in [5.74, 6) is 0.883. The molecule has 2 aliphatic rings. The van der Waals surface area contributed by atoms with Crippen LogP contribution in [0.1, 0.15) is 37.4 Å². The zero-order valence-electron chi connectivity index (χ0n) is 12.9. The van der Waals surface area contributed by atoms with Crippen LogP contribution in [-0.2, 0) is 0 Å². The molecule has 1 atom stereocenters. The molecule has 1 unspecified atom stereocenters. The summed E-state index contributed by atoms with van der Waals surface area (Å²) in [5, 5.41) is 8.31. The maximum atomic E-state index is 6.18. The van der Waals surface area contributed by atoms with Gasteiger partial charge in [0, 0.05) is 22.0 Å². The number of fused-ring (bicyclic) bond motifs is 3. The number of hydrogen-bond acceptors (Lipinski definition) is 3. The third kappa shape index (κ3) is 2.48. The first-order chi connectivity index (χ1) is 10.9. The number of hydrogen-bond donors (Lipinski definition) is 0. The quantitative estimate of drug-likeness (QED) is 0.702. The third-order valence-corrected chi connectivity index (χ3v) is 4.82. The normalized spacial score (nSPS) is 21.3. The highest BCUT2D eigenvalue weighted by atomic mass is 35.5. The molecule has 23 heavy (non-hydrogen) atoms. The number of halogens is 2. The van der Waals surface area contributed by atoms with Crippen molar-refractivity contribution in [2.75, 3.05) is 0 Å². The van der Waals surface area contributed by atoms with Crippen LogP contribution in [0.3, 0.4) is 0 Å². The minimum atomic E-state index is -0.500. The lowest BCUT2D eigenvalue weighted by molar-refractivity contribution is -0.0911. The lowest BCUT2D eigenvalue weighted by Crippen LogP contribution is -2.48. The van der Waals surface area contributed by atoms with Crippen molar-refractivity contribution in [3.05, 3.63) is 63.6 Å². The molecule has 0 aliphatic carbocycles. The van der Waals surface area contributed by atoms with Gasteiger partial charge in [-0.2, -0.15) is 5.10 Å². The molecule has 0 fully saturated rings. The van der Waals surface area contributed by atoms with Crippen molar-refractivity contribution in [3.63, 3.8) is 0 Å². The van der Waals surface area contributed by atoms with Gasteiger partial charge in [0.2, 0.25) is 0 Å². The Hall–Kier alpha value is -1.71. The maximum Gasteiger partial charge on any atom is 0.192 e. The van der Waals surface area contributed by atoms with Crippen molar-refractivity contribution >= 4 is 28.9 Å². The Morgan fingerprint density at radius 3 is 2.52 bits per heavy atom. The van der Waals surface area contributed by atoms with Crippen molar-refractivity contribution < 1.29 is 4.74 Å². The molecule has 4 rings (SSSR count). The maximum absolute atomic E-state index is 6.18. The molecule has 0 aromatic heterocycles. The van der Waals surface area contributed by atoms with Crippen molar-refractivity contribution in [2.45, 2.75) is 32.0 Å². The first-order valence-corrected chi connectivity index (χ1v) is 8.31. The number of ether oxygens (including phenoxy) is 1. The summed E-state index contributed by atoms with van der Waals surface area (Å²) in [6.07, 6.45) is 0.821. The Balaban J connectivity index is 1.77. The second kappa shape index (κ2) is 5.15. The second-order valence-electron chi connectivity index (χ2n) is 6.35. The molecule has 3 nitrogen and oxygen atoms in total. The minimum Gasteiger partial charge on any atom is -0.467 e. The first-order valence-electron chi connectivity index (χ1n) is 7.55. The van der Waals surface area contributed by atoms with Gasteiger partial charge < -0.3 is 4.74 Å². The predicted molar refractivity (Wildman–Crippen MR) is 93.3 cm³/mol. The van der Waals surface area contributed by atoms with Gasteiger partial charge in [-0.25, -0.2) is 5.01 Å². The van der Waals surface area contributed by atoms with Crippen LogP contribution in [0.15, 0.2) is 47.6 Å². The fourth-order valence-electron chi connectivity index (χ4n) is 3.25. The molecule has 2 aromatic rings. The highest BCUT2D eigenvalue weighted by molar-refractivity contribution is 6.31. The van der Waals surface area contributed by atoms with Crippen LogP contribution in [0.4, 0.5) is 0 Å². The van der Waals surface area contributed by atoms with Crippen molar-refractivity contribution in [2.24, 2.45) is 5.10 Å². The molecule has 2 aliphatic heterocycles. The Morgan fingerprint density at radius 1 is 1.09 bits per heavy atom. The summed E-state index contributed by atoms with van der Waals surface area (Å²) in [5.41, 5.74) is 2.71. The van der Waals surface area contributed by atoms with Crippen LogP contribution in [0.2, 0.25) is 10.0 Å². The minimum absolute atomic E-state index is 0.137. The highest BCUT2D eigenvalue weighted by Crippen LogP contribution is 2.47. The summed E-state index contributed by atoms with van der Waals surface area (Å²) in [6, 6.07) is 13.7. The van der Waals surface area contributed by atoms with Gasteiger partial charge >= 0.3 is 0 Å². The predicted octanol–water partition coefficient (Wildman–Crippen LogP) is 5.27. The fraction of sp³-hybridized carbons (Fsp3) is 0.278. The summed E-state index contributed by atoms with van der Waals surface area (Å²) < 4.78 is 6.13. The van der Waals surface area contributed by atoms with E-state index in [1.807, 2.05) is 61.3 Å². The summed E-state index contributed by atoms with van der Waals surface area (Å²) in [7, 11) is 0. The number of nitrogens with zero attached hydrogens (tertiary/aromatic N) is 2. The Labute approximate surface area is 145 Å². The molecule has 5 heteroatoms. The fourth-order valence-corrected chi connectivity index (χ4v) is 3.56. The molecule has 2 heterocycles. The van der Waals surface area contributed by atoms with E-state index >= 15 is 0 Å². The first kappa shape index (κ1) is 14.9. The molecule has 118 valence electrons. The molecule has 0 spiro atoms. The van der Waals surface area contributed by atoms with Crippen LogP contribution in [0, 0.1) is 0 Å². The monoisotopic (exact) mass is 346 g/mol. The van der Waals surface area contributed by atoms with E-state index < -0.39 is 5.72 Å². The number of rotatable bonds is 1. The molecule has 0 saturated carbocycles. The third-order valence-electron chi connectivity index (χ3n) is 4.33. The average molecular weight is 347 g/mol. The zero-order valence-corrected chi connectivity index (χ0v) is 14.4. The van der Waals surface area contributed by atoms with E-state index in [2.05, 4.69) is 0 Å². The van der Waals surface area contributed by atoms with Gasteiger partial charge in [0.15, 0.2) is 5.72 Å². The topological polar surface area (TPSA) is 24.8 Å². The lowest BCUT2D eigenvalue weighted by atomic mass is 9.95. The van der Waals surface area contributed by atoms with Crippen LogP contribution >= 0.6 is 23.2 Å². The van der Waals surface area contributed by atoms with E-state index in [1.54, 1.807) is 0 Å². The van der Waals surface area contributed by atoms with Crippen molar-refractivity contribution in [3.8, 4) is 5.75 Å². The van der Waals surface area contributed by atoms with Gasteiger partial charge in [0.05, 0.1) is 11.8 Å². The smallest absolute Gasteiger partial charge is 0.192 e. The Bertz CT molecular complexity index is 799. The molecule has 0 N–H and O–H groups in total. The van der Waals surface area contributed by atoms with E-state index in [9.17, 15) is 0 Å². The number of benzene rings is 2. The summed E-state index contributed by atoms with van der Waals surface area (Å²) >= 11 is 12.2. The van der Waals surface area contributed by atoms with E-state index in [0.29, 0.717) is 5.02 Å². The molecule has 0 saturated heterocycles. The molecule has 0 amide bonds. The van der Waals surface area contributed by atoms with Crippen LogP contribution in [0.5, 0.6) is 5.75 Å². The standard InChI is InChI=1S/C18H16Cl2N2O/c1-18(2)22-16(14-9-13(20)7-8-17(14)23-18)10-15(21-22)11-3-5-12(19)6-4-11/h3-9,16H,10H2,1-2H3. The van der Waals surface area contributed by atoms with E-state index in [4.69, 9.17) is 33.0 Å². The van der Waals surface area contributed by atoms with Crippen molar-refractivity contribution in [1.82, 2.24) is 5.01 Å². The van der Waals surface area contributed by atoms with E-state index in [1.165, 1.54) is 0 Å². The van der Waals surface area contributed by atoms with Crippen LogP contribution in [0.25, 0.3) is 0 Å². The van der Waals surface area contributed by atoms with Crippen LogP contribution in [-0.4, -0.2) is 16.4 Å². The van der Waals surface area contributed by atoms with Gasteiger partial charge in [-0.1, -0.05) is 35.3 Å². The molecular formula is C18H16Cl2N2O. The van der Waals surface area contributed by atoms with Gasteiger partial charge in [-0.3, -0.25) is 0 Å². The summed E-state index contributed by atoms with van der Waals surface area (Å²) in [4.78, 5) is 0. The molecule has 2 aromatic carbocycles. The zero-order chi connectivity index (χ0) is 16.2. The Morgan fingerprint density at radius 2 is 1.78 bits per heavy atom.